The lowest BCUT2D eigenvalue weighted by molar-refractivity contribution is -0.123. The maximum Gasteiger partial charge on any atom is 0.138 e. The fourth-order valence-electron chi connectivity index (χ4n) is 1.86. The molecule has 2 nitrogen and oxygen atoms in total. The van der Waals surface area contributed by atoms with Crippen molar-refractivity contribution in [2.45, 2.75) is 51.6 Å². The molecule has 1 saturated carbocycles. The number of aliphatic hydroxyl groups is 1. The first-order chi connectivity index (χ1) is 5.75. The number of Topliss-reactive ketones (excluding diaryl/α,β-unsaturated/α-hetero) is 1. The van der Waals surface area contributed by atoms with E-state index in [2.05, 4.69) is 6.92 Å². The molecule has 1 fully saturated rings. The van der Waals surface area contributed by atoms with Crippen LogP contribution in [0, 0.1) is 5.92 Å². The Hall–Kier alpha value is -0.370. The van der Waals surface area contributed by atoms with Gasteiger partial charge in [0.05, 0.1) is 6.10 Å². The van der Waals surface area contributed by atoms with Crippen molar-refractivity contribution in [1.29, 1.82) is 0 Å². The number of carbonyl (C=O) groups excluding carboxylic acids is 1. The summed E-state index contributed by atoms with van der Waals surface area (Å²) < 4.78 is 0. The summed E-state index contributed by atoms with van der Waals surface area (Å²) in [6, 6.07) is 0. The van der Waals surface area contributed by atoms with E-state index in [4.69, 9.17) is 0 Å². The molecule has 0 amide bonds. The zero-order valence-electron chi connectivity index (χ0n) is 7.75. The third kappa shape index (κ3) is 2.31. The van der Waals surface area contributed by atoms with Crippen LogP contribution in [0.15, 0.2) is 0 Å². The largest absolute Gasteiger partial charge is 0.392 e. The van der Waals surface area contributed by atoms with Gasteiger partial charge in [-0.2, -0.15) is 0 Å². The van der Waals surface area contributed by atoms with Crippen molar-refractivity contribution in [3.05, 3.63) is 0 Å². The van der Waals surface area contributed by atoms with Crippen molar-refractivity contribution in [2.75, 3.05) is 0 Å². The molecular formula is C10H18O2. The van der Waals surface area contributed by atoms with Crippen molar-refractivity contribution >= 4 is 5.78 Å². The quantitative estimate of drug-likeness (QED) is 0.699. The van der Waals surface area contributed by atoms with Crippen LogP contribution in [-0.2, 0) is 4.79 Å². The van der Waals surface area contributed by atoms with E-state index in [1.807, 2.05) is 0 Å². The lowest BCUT2D eigenvalue weighted by Gasteiger charge is -2.15. The lowest BCUT2D eigenvalue weighted by Crippen LogP contribution is -2.23. The minimum atomic E-state index is -0.361. The Bertz CT molecular complexity index is 154. The van der Waals surface area contributed by atoms with E-state index < -0.39 is 0 Å². The molecule has 0 aromatic heterocycles. The number of unbranched alkanes of at least 4 members (excludes halogenated alkanes) is 1. The molecule has 0 unspecified atom stereocenters. The summed E-state index contributed by atoms with van der Waals surface area (Å²) in [5.41, 5.74) is 0. The number of carbonyl (C=O) groups is 1. The summed E-state index contributed by atoms with van der Waals surface area (Å²) in [6.07, 6.45) is 5.14. The van der Waals surface area contributed by atoms with Gasteiger partial charge in [-0.3, -0.25) is 4.79 Å². The molecule has 1 aliphatic carbocycles. The summed E-state index contributed by atoms with van der Waals surface area (Å²) in [6.45, 7) is 2.10. The summed E-state index contributed by atoms with van der Waals surface area (Å²) in [4.78, 5) is 11.2. The van der Waals surface area contributed by atoms with Crippen molar-refractivity contribution in [2.24, 2.45) is 5.92 Å². The van der Waals surface area contributed by atoms with Gasteiger partial charge in [0, 0.05) is 12.3 Å². The molecule has 12 heavy (non-hydrogen) atoms. The molecule has 0 spiro atoms. The third-order valence-electron chi connectivity index (χ3n) is 2.67. The topological polar surface area (TPSA) is 37.3 Å². The number of rotatable bonds is 4. The molecule has 1 aliphatic rings. The number of aliphatic hydroxyl groups excluding tert-OH is 1. The maximum absolute atomic E-state index is 11.2. The molecule has 2 atom stereocenters. The van der Waals surface area contributed by atoms with Gasteiger partial charge in [-0.05, 0) is 19.3 Å². The van der Waals surface area contributed by atoms with Crippen LogP contribution in [-0.4, -0.2) is 17.0 Å². The second-order valence-electron chi connectivity index (χ2n) is 3.67. The molecule has 0 aromatic rings. The van der Waals surface area contributed by atoms with Gasteiger partial charge < -0.3 is 5.11 Å². The highest BCUT2D eigenvalue weighted by molar-refractivity contribution is 5.83. The van der Waals surface area contributed by atoms with Crippen LogP contribution in [0.25, 0.3) is 0 Å². The Morgan fingerprint density at radius 3 is 2.92 bits per heavy atom. The number of hydrogen-bond acceptors (Lipinski definition) is 2. The van der Waals surface area contributed by atoms with Gasteiger partial charge in [-0.1, -0.05) is 19.8 Å². The maximum atomic E-state index is 11.2. The van der Waals surface area contributed by atoms with Crippen LogP contribution in [0.4, 0.5) is 0 Å². The zero-order chi connectivity index (χ0) is 8.97. The van der Waals surface area contributed by atoms with E-state index in [9.17, 15) is 9.90 Å². The van der Waals surface area contributed by atoms with Gasteiger partial charge in [0.2, 0.25) is 0 Å². The molecular weight excluding hydrogens is 152 g/mol. The predicted molar refractivity (Wildman–Crippen MR) is 47.9 cm³/mol. The highest BCUT2D eigenvalue weighted by Crippen LogP contribution is 2.26. The molecule has 0 aliphatic heterocycles. The molecule has 0 bridgehead atoms. The number of hydrogen-bond donors (Lipinski definition) is 1. The highest BCUT2D eigenvalue weighted by atomic mass is 16.3. The smallest absolute Gasteiger partial charge is 0.138 e. The van der Waals surface area contributed by atoms with Crippen molar-refractivity contribution in [3.63, 3.8) is 0 Å². The summed E-state index contributed by atoms with van der Waals surface area (Å²) in [7, 11) is 0. The second-order valence-corrected chi connectivity index (χ2v) is 3.67. The standard InChI is InChI=1S/C10H18O2/c1-2-3-6-9(11)8-5-4-7-10(8)12/h8-9,11H,2-7H2,1H3/t8-,9-/m1/s1. The highest BCUT2D eigenvalue weighted by Gasteiger charge is 2.30. The fourth-order valence-corrected chi connectivity index (χ4v) is 1.86. The van der Waals surface area contributed by atoms with Crippen LogP contribution in [0.3, 0.4) is 0 Å². The van der Waals surface area contributed by atoms with Crippen LogP contribution in [0.5, 0.6) is 0 Å². The van der Waals surface area contributed by atoms with Gasteiger partial charge in [-0.15, -0.1) is 0 Å². The average Bonchev–Trinajstić information content (AvgIpc) is 2.47. The first-order valence-corrected chi connectivity index (χ1v) is 4.96. The van der Waals surface area contributed by atoms with E-state index >= 15 is 0 Å². The molecule has 0 heterocycles. The van der Waals surface area contributed by atoms with E-state index in [-0.39, 0.29) is 17.8 Å². The van der Waals surface area contributed by atoms with Crippen molar-refractivity contribution in [1.82, 2.24) is 0 Å². The molecule has 1 rings (SSSR count). The summed E-state index contributed by atoms with van der Waals surface area (Å²) >= 11 is 0. The lowest BCUT2D eigenvalue weighted by atomic mass is 9.96. The second kappa shape index (κ2) is 4.61. The Morgan fingerprint density at radius 2 is 2.42 bits per heavy atom. The average molecular weight is 170 g/mol. The van der Waals surface area contributed by atoms with Gasteiger partial charge >= 0.3 is 0 Å². The van der Waals surface area contributed by atoms with E-state index in [0.29, 0.717) is 6.42 Å². The summed E-state index contributed by atoms with van der Waals surface area (Å²) in [5, 5.41) is 9.63. The predicted octanol–water partition coefficient (Wildman–Crippen LogP) is 1.91. The Kier molecular flexibility index (Phi) is 3.73. The van der Waals surface area contributed by atoms with Crippen molar-refractivity contribution in [3.8, 4) is 0 Å². The molecule has 0 saturated heterocycles. The van der Waals surface area contributed by atoms with Crippen LogP contribution in [0.1, 0.15) is 45.4 Å². The van der Waals surface area contributed by atoms with Crippen LogP contribution >= 0.6 is 0 Å². The Morgan fingerprint density at radius 1 is 1.67 bits per heavy atom. The first kappa shape index (κ1) is 9.72. The number of ketones is 1. The third-order valence-corrected chi connectivity index (χ3v) is 2.67. The Labute approximate surface area is 74.0 Å². The van der Waals surface area contributed by atoms with Gasteiger partial charge in [0.15, 0.2) is 0 Å². The van der Waals surface area contributed by atoms with E-state index in [1.54, 1.807) is 0 Å². The Balaban J connectivity index is 2.30. The SMILES string of the molecule is CCCC[C@@H](O)[C@H]1CCCC1=O. The zero-order valence-corrected chi connectivity index (χ0v) is 7.75. The van der Waals surface area contributed by atoms with Crippen LogP contribution in [0.2, 0.25) is 0 Å². The van der Waals surface area contributed by atoms with Gasteiger partial charge in [0.1, 0.15) is 5.78 Å². The van der Waals surface area contributed by atoms with E-state index in [1.165, 1.54) is 0 Å². The molecule has 0 aromatic carbocycles. The molecule has 2 heteroatoms. The first-order valence-electron chi connectivity index (χ1n) is 4.96. The normalized spacial score (nSPS) is 26.2. The van der Waals surface area contributed by atoms with E-state index in [0.717, 1.165) is 32.1 Å². The minimum absolute atomic E-state index is 0.0310. The van der Waals surface area contributed by atoms with Gasteiger partial charge in [0.25, 0.3) is 0 Å². The minimum Gasteiger partial charge on any atom is -0.392 e. The molecule has 1 N–H and O–H groups in total. The van der Waals surface area contributed by atoms with Crippen LogP contribution < -0.4 is 0 Å². The molecule has 70 valence electrons. The van der Waals surface area contributed by atoms with Gasteiger partial charge in [-0.25, -0.2) is 0 Å². The molecule has 0 radical (unpaired) electrons. The fraction of sp³-hybridized carbons (Fsp3) is 0.900. The summed E-state index contributed by atoms with van der Waals surface area (Å²) in [5.74, 6) is 0.246. The van der Waals surface area contributed by atoms with Crippen molar-refractivity contribution < 1.29 is 9.90 Å². The monoisotopic (exact) mass is 170 g/mol.